The fraction of sp³-hybridized carbons (Fsp3) is 0.556. The Labute approximate surface area is 82.8 Å². The van der Waals surface area contributed by atoms with E-state index in [4.69, 9.17) is 5.73 Å². The van der Waals surface area contributed by atoms with Crippen LogP contribution in [0.2, 0.25) is 0 Å². The van der Waals surface area contributed by atoms with E-state index >= 15 is 0 Å². The van der Waals surface area contributed by atoms with Gasteiger partial charge >= 0.3 is 0 Å². The van der Waals surface area contributed by atoms with Crippen molar-refractivity contribution >= 4 is 5.95 Å². The van der Waals surface area contributed by atoms with Crippen LogP contribution in [0.3, 0.4) is 0 Å². The molecule has 1 heterocycles. The lowest BCUT2D eigenvalue weighted by atomic mass is 10.1. The third-order valence-corrected chi connectivity index (χ3v) is 1.99. The van der Waals surface area contributed by atoms with Gasteiger partial charge in [-0.3, -0.25) is 0 Å². The van der Waals surface area contributed by atoms with Gasteiger partial charge in [0, 0.05) is 12.6 Å². The van der Waals surface area contributed by atoms with E-state index in [0.717, 1.165) is 12.4 Å². The first-order chi connectivity index (χ1) is 6.63. The van der Waals surface area contributed by atoms with Gasteiger partial charge in [-0.1, -0.05) is 13.8 Å². The van der Waals surface area contributed by atoms with Crippen LogP contribution in [0.1, 0.15) is 13.8 Å². The first-order valence-electron chi connectivity index (χ1n) is 4.57. The summed E-state index contributed by atoms with van der Waals surface area (Å²) in [5, 5.41) is 3.04. The zero-order valence-corrected chi connectivity index (χ0v) is 8.37. The maximum Gasteiger partial charge on any atom is 0.223 e. The molecule has 78 valence electrons. The minimum Gasteiger partial charge on any atom is -0.350 e. The van der Waals surface area contributed by atoms with Crippen LogP contribution in [0.5, 0.6) is 0 Å². The lowest BCUT2D eigenvalue weighted by Gasteiger charge is -2.19. The summed E-state index contributed by atoms with van der Waals surface area (Å²) in [7, 11) is 0. The zero-order valence-electron chi connectivity index (χ0n) is 8.37. The Morgan fingerprint density at radius 2 is 2.00 bits per heavy atom. The molecule has 0 aliphatic heterocycles. The lowest BCUT2D eigenvalue weighted by Crippen LogP contribution is -2.34. The summed E-state index contributed by atoms with van der Waals surface area (Å²) in [6, 6.07) is 0.112. The molecule has 0 saturated carbocycles. The Balaban J connectivity index is 2.63. The molecule has 0 bridgehead atoms. The molecule has 0 aromatic carbocycles. The Morgan fingerprint density at radius 3 is 2.43 bits per heavy atom. The molecule has 0 fully saturated rings. The van der Waals surface area contributed by atoms with Gasteiger partial charge in [0.05, 0.1) is 12.4 Å². The lowest BCUT2D eigenvalue weighted by molar-refractivity contribution is 0.527. The smallest absolute Gasteiger partial charge is 0.223 e. The van der Waals surface area contributed by atoms with Crippen LogP contribution in [-0.4, -0.2) is 22.6 Å². The molecule has 1 rings (SSSR count). The van der Waals surface area contributed by atoms with Crippen molar-refractivity contribution in [2.75, 3.05) is 11.9 Å². The highest BCUT2D eigenvalue weighted by molar-refractivity contribution is 5.24. The molecule has 1 atom stereocenters. The zero-order chi connectivity index (χ0) is 10.6. The average molecular weight is 198 g/mol. The maximum absolute atomic E-state index is 12.5. The summed E-state index contributed by atoms with van der Waals surface area (Å²) >= 11 is 0. The SMILES string of the molecule is CC(C)C(CN)Nc1ncc(F)cn1. The third kappa shape index (κ3) is 2.92. The Morgan fingerprint density at radius 1 is 1.43 bits per heavy atom. The van der Waals surface area contributed by atoms with Crippen molar-refractivity contribution in [1.82, 2.24) is 9.97 Å². The van der Waals surface area contributed by atoms with E-state index in [1.54, 1.807) is 0 Å². The maximum atomic E-state index is 12.5. The van der Waals surface area contributed by atoms with Crippen molar-refractivity contribution in [3.05, 3.63) is 18.2 Å². The third-order valence-electron chi connectivity index (χ3n) is 1.99. The number of aromatic nitrogens is 2. The Hall–Kier alpha value is -1.23. The minimum atomic E-state index is -0.440. The first-order valence-corrected chi connectivity index (χ1v) is 4.57. The quantitative estimate of drug-likeness (QED) is 0.758. The molecule has 0 spiro atoms. The highest BCUT2D eigenvalue weighted by Gasteiger charge is 2.11. The minimum absolute atomic E-state index is 0.112. The number of hydrogen-bond acceptors (Lipinski definition) is 4. The van der Waals surface area contributed by atoms with Gasteiger partial charge in [-0.2, -0.15) is 0 Å². The molecule has 1 unspecified atom stereocenters. The summed E-state index contributed by atoms with van der Waals surface area (Å²) in [4.78, 5) is 7.59. The molecule has 0 radical (unpaired) electrons. The van der Waals surface area contributed by atoms with Crippen LogP contribution in [0.4, 0.5) is 10.3 Å². The van der Waals surface area contributed by atoms with Gasteiger partial charge in [-0.15, -0.1) is 0 Å². The number of rotatable bonds is 4. The second-order valence-corrected chi connectivity index (χ2v) is 3.46. The molecule has 0 aliphatic carbocycles. The van der Waals surface area contributed by atoms with Crippen LogP contribution in [0.25, 0.3) is 0 Å². The molecule has 0 saturated heterocycles. The first kappa shape index (κ1) is 10.8. The van der Waals surface area contributed by atoms with E-state index in [2.05, 4.69) is 15.3 Å². The second-order valence-electron chi connectivity index (χ2n) is 3.46. The number of nitrogens with two attached hydrogens (primary N) is 1. The molecule has 14 heavy (non-hydrogen) atoms. The highest BCUT2D eigenvalue weighted by atomic mass is 19.1. The van der Waals surface area contributed by atoms with E-state index in [1.807, 2.05) is 13.8 Å². The highest BCUT2D eigenvalue weighted by Crippen LogP contribution is 2.06. The van der Waals surface area contributed by atoms with Crippen LogP contribution < -0.4 is 11.1 Å². The van der Waals surface area contributed by atoms with E-state index in [-0.39, 0.29) is 6.04 Å². The van der Waals surface area contributed by atoms with Crippen LogP contribution in [0.15, 0.2) is 12.4 Å². The summed E-state index contributed by atoms with van der Waals surface area (Å²) in [5.41, 5.74) is 5.56. The van der Waals surface area contributed by atoms with Gasteiger partial charge in [0.2, 0.25) is 5.95 Å². The van der Waals surface area contributed by atoms with Gasteiger partial charge in [0.1, 0.15) is 0 Å². The number of nitrogens with one attached hydrogen (secondary N) is 1. The summed E-state index contributed by atoms with van der Waals surface area (Å²) in [6.07, 6.45) is 2.26. The van der Waals surface area contributed by atoms with E-state index < -0.39 is 5.82 Å². The van der Waals surface area contributed by atoms with Crippen molar-refractivity contribution in [3.63, 3.8) is 0 Å². The molecule has 1 aromatic heterocycles. The average Bonchev–Trinajstić information content (AvgIpc) is 2.16. The Kier molecular flexibility index (Phi) is 3.76. The second kappa shape index (κ2) is 4.85. The van der Waals surface area contributed by atoms with Gasteiger partial charge in [-0.25, -0.2) is 14.4 Å². The van der Waals surface area contributed by atoms with Gasteiger partial charge in [0.25, 0.3) is 0 Å². The monoisotopic (exact) mass is 198 g/mol. The van der Waals surface area contributed by atoms with Crippen molar-refractivity contribution < 1.29 is 4.39 Å². The van der Waals surface area contributed by atoms with Gasteiger partial charge in [-0.05, 0) is 5.92 Å². The van der Waals surface area contributed by atoms with Gasteiger partial charge in [0.15, 0.2) is 5.82 Å². The predicted molar refractivity (Wildman–Crippen MR) is 53.3 cm³/mol. The number of halogens is 1. The van der Waals surface area contributed by atoms with Gasteiger partial charge < -0.3 is 11.1 Å². The standard InChI is InChI=1S/C9H15FN4/c1-6(2)8(3-11)14-9-12-4-7(10)5-13-9/h4-6,8H,3,11H2,1-2H3,(H,12,13,14). The summed E-state index contributed by atoms with van der Waals surface area (Å²) in [5.74, 6) is 0.355. The van der Waals surface area contributed by atoms with Crippen molar-refractivity contribution in [1.29, 1.82) is 0 Å². The normalized spacial score (nSPS) is 12.9. The number of nitrogens with zero attached hydrogens (tertiary/aromatic N) is 2. The molecule has 3 N–H and O–H groups in total. The van der Waals surface area contributed by atoms with Crippen LogP contribution in [-0.2, 0) is 0 Å². The van der Waals surface area contributed by atoms with Crippen LogP contribution >= 0.6 is 0 Å². The summed E-state index contributed by atoms with van der Waals surface area (Å²) < 4.78 is 12.5. The fourth-order valence-electron chi connectivity index (χ4n) is 1.05. The topological polar surface area (TPSA) is 63.8 Å². The van der Waals surface area contributed by atoms with Crippen molar-refractivity contribution in [3.8, 4) is 0 Å². The van der Waals surface area contributed by atoms with Crippen molar-refractivity contribution in [2.24, 2.45) is 11.7 Å². The molecular formula is C9H15FN4. The molecular weight excluding hydrogens is 183 g/mol. The predicted octanol–water partition coefficient (Wildman–Crippen LogP) is 1.01. The summed E-state index contributed by atoms with van der Waals surface area (Å²) in [6.45, 7) is 4.60. The van der Waals surface area contributed by atoms with E-state index in [0.29, 0.717) is 18.4 Å². The molecule has 1 aromatic rings. The number of anilines is 1. The molecule has 5 heteroatoms. The Bertz CT molecular complexity index is 273. The largest absolute Gasteiger partial charge is 0.350 e. The van der Waals surface area contributed by atoms with E-state index in [9.17, 15) is 4.39 Å². The van der Waals surface area contributed by atoms with Crippen molar-refractivity contribution in [2.45, 2.75) is 19.9 Å². The molecule has 4 nitrogen and oxygen atoms in total. The van der Waals surface area contributed by atoms with E-state index in [1.165, 1.54) is 0 Å². The molecule has 0 amide bonds. The van der Waals surface area contributed by atoms with Crippen LogP contribution in [0, 0.1) is 11.7 Å². The number of hydrogen-bond donors (Lipinski definition) is 2. The fourth-order valence-corrected chi connectivity index (χ4v) is 1.05. The molecule has 0 aliphatic rings.